The molecule has 7 nitrogen and oxygen atoms in total. The van der Waals surface area contributed by atoms with Crippen molar-refractivity contribution in [1.29, 1.82) is 0 Å². The molecule has 0 aliphatic heterocycles. The van der Waals surface area contributed by atoms with Gasteiger partial charge in [0.25, 0.3) is 5.56 Å². The summed E-state index contributed by atoms with van der Waals surface area (Å²) in [6.07, 6.45) is 0. The predicted molar refractivity (Wildman–Crippen MR) is 141 cm³/mol. The lowest BCUT2D eigenvalue weighted by Gasteiger charge is -2.26. The molecule has 8 heteroatoms. The van der Waals surface area contributed by atoms with E-state index in [4.69, 9.17) is 9.72 Å². The molecule has 0 spiro atoms. The topological polar surface area (TPSA) is 81.5 Å². The van der Waals surface area contributed by atoms with Crippen LogP contribution in [0.4, 0.5) is 0 Å². The first kappa shape index (κ1) is 23.7. The highest BCUT2D eigenvalue weighted by Crippen LogP contribution is 2.29. The number of hydrogen-bond acceptors (Lipinski definition) is 5. The van der Waals surface area contributed by atoms with E-state index in [9.17, 15) is 13.2 Å². The molecule has 5 aromatic rings. The minimum Gasteiger partial charge on any atom is -0.497 e. The molecule has 4 aromatic carbocycles. The van der Waals surface area contributed by atoms with Gasteiger partial charge in [-0.25, -0.2) is 13.4 Å². The van der Waals surface area contributed by atoms with Gasteiger partial charge < -0.3 is 4.74 Å². The molecule has 1 unspecified atom stereocenters. The van der Waals surface area contributed by atoms with E-state index in [-0.39, 0.29) is 10.5 Å². The zero-order valence-electron chi connectivity index (χ0n) is 20.1. The van der Waals surface area contributed by atoms with E-state index in [2.05, 4.69) is 0 Å². The SMILES string of the molecule is COc1ccc(-n2c(C(C)N(C)S(=O)(=O)c3ccc4ccccc4c3)nc3ccccc3c2=O)cc1. The van der Waals surface area contributed by atoms with Crippen LogP contribution in [0.25, 0.3) is 27.4 Å². The van der Waals surface area contributed by atoms with Crippen LogP contribution < -0.4 is 10.3 Å². The van der Waals surface area contributed by atoms with Gasteiger partial charge in [-0.2, -0.15) is 4.31 Å². The van der Waals surface area contributed by atoms with Gasteiger partial charge in [-0.3, -0.25) is 9.36 Å². The summed E-state index contributed by atoms with van der Waals surface area (Å²) in [6, 6.07) is 26.0. The number of rotatable bonds is 6. The summed E-state index contributed by atoms with van der Waals surface area (Å²) >= 11 is 0. The predicted octanol–water partition coefficient (Wildman–Crippen LogP) is 4.93. The van der Waals surface area contributed by atoms with E-state index >= 15 is 0 Å². The third kappa shape index (κ3) is 4.04. The monoisotopic (exact) mass is 499 g/mol. The number of aromatic nitrogens is 2. The Morgan fingerprint density at radius 3 is 2.28 bits per heavy atom. The van der Waals surface area contributed by atoms with E-state index in [0.717, 1.165) is 10.8 Å². The maximum Gasteiger partial charge on any atom is 0.266 e. The van der Waals surface area contributed by atoms with Gasteiger partial charge in [0.15, 0.2) is 0 Å². The summed E-state index contributed by atoms with van der Waals surface area (Å²) < 4.78 is 35.3. The molecule has 5 rings (SSSR count). The van der Waals surface area contributed by atoms with Gasteiger partial charge >= 0.3 is 0 Å². The molecule has 0 amide bonds. The Morgan fingerprint density at radius 1 is 0.889 bits per heavy atom. The van der Waals surface area contributed by atoms with Crippen molar-refractivity contribution in [1.82, 2.24) is 13.9 Å². The van der Waals surface area contributed by atoms with Crippen LogP contribution in [0, 0.1) is 0 Å². The fraction of sp³-hybridized carbons (Fsp3) is 0.143. The highest BCUT2D eigenvalue weighted by molar-refractivity contribution is 7.89. The fourth-order valence-electron chi connectivity index (χ4n) is 4.28. The molecule has 0 bridgehead atoms. The number of para-hydroxylation sites is 1. The Labute approximate surface area is 209 Å². The zero-order valence-corrected chi connectivity index (χ0v) is 20.9. The van der Waals surface area contributed by atoms with Gasteiger partial charge in [0.2, 0.25) is 10.0 Å². The number of hydrogen-bond donors (Lipinski definition) is 0. The minimum absolute atomic E-state index is 0.176. The third-order valence-electron chi connectivity index (χ3n) is 6.45. The van der Waals surface area contributed by atoms with Gasteiger partial charge in [0, 0.05) is 7.05 Å². The Bertz CT molecular complexity index is 1750. The van der Waals surface area contributed by atoms with Crippen LogP contribution in [-0.4, -0.2) is 36.4 Å². The lowest BCUT2D eigenvalue weighted by Crippen LogP contribution is -2.34. The average Bonchev–Trinajstić information content (AvgIpc) is 2.92. The van der Waals surface area contributed by atoms with Crippen molar-refractivity contribution >= 4 is 31.7 Å². The first-order valence-electron chi connectivity index (χ1n) is 11.4. The standard InChI is InChI=1S/C28H25N3O4S/c1-19(30(2)36(33,34)24-17-12-20-8-4-5-9-21(20)18-24)27-29-26-11-7-6-10-25(26)28(32)31(27)22-13-15-23(35-3)16-14-22/h4-19H,1-3H3. The maximum absolute atomic E-state index is 13.7. The maximum atomic E-state index is 13.7. The van der Waals surface area contributed by atoms with Crippen LogP contribution in [0.15, 0.2) is 101 Å². The normalized spacial score (nSPS) is 12.8. The zero-order chi connectivity index (χ0) is 25.4. The van der Waals surface area contributed by atoms with Gasteiger partial charge in [0.05, 0.1) is 34.6 Å². The van der Waals surface area contributed by atoms with E-state index < -0.39 is 16.1 Å². The van der Waals surface area contributed by atoms with Crippen LogP contribution in [0.5, 0.6) is 5.75 Å². The smallest absolute Gasteiger partial charge is 0.266 e. The highest BCUT2D eigenvalue weighted by Gasteiger charge is 2.30. The summed E-state index contributed by atoms with van der Waals surface area (Å²) in [6.45, 7) is 1.73. The minimum atomic E-state index is -3.90. The second-order valence-electron chi connectivity index (χ2n) is 8.53. The molecule has 1 atom stereocenters. The molecule has 0 fully saturated rings. The lowest BCUT2D eigenvalue weighted by molar-refractivity contribution is 0.379. The van der Waals surface area contributed by atoms with Crippen LogP contribution in [0.2, 0.25) is 0 Å². The average molecular weight is 500 g/mol. The van der Waals surface area contributed by atoms with Gasteiger partial charge in [0.1, 0.15) is 11.6 Å². The van der Waals surface area contributed by atoms with Crippen molar-refractivity contribution in [2.45, 2.75) is 17.9 Å². The lowest BCUT2D eigenvalue weighted by atomic mass is 10.1. The fourth-order valence-corrected chi connectivity index (χ4v) is 5.63. The summed E-state index contributed by atoms with van der Waals surface area (Å²) in [5, 5.41) is 2.24. The molecule has 36 heavy (non-hydrogen) atoms. The van der Waals surface area contributed by atoms with E-state index in [1.165, 1.54) is 15.9 Å². The highest BCUT2D eigenvalue weighted by atomic mass is 32.2. The number of sulfonamides is 1. The first-order chi connectivity index (χ1) is 17.3. The van der Waals surface area contributed by atoms with Crippen LogP contribution in [0.3, 0.4) is 0 Å². The molecular formula is C28H25N3O4S. The molecule has 0 radical (unpaired) electrons. The largest absolute Gasteiger partial charge is 0.497 e. The number of fused-ring (bicyclic) bond motifs is 2. The Morgan fingerprint density at radius 2 is 1.56 bits per heavy atom. The number of benzene rings is 4. The number of ether oxygens (including phenoxy) is 1. The van der Waals surface area contributed by atoms with Crippen molar-refractivity contribution < 1.29 is 13.2 Å². The summed E-state index contributed by atoms with van der Waals surface area (Å²) in [5.41, 5.74) is 0.798. The van der Waals surface area contributed by atoms with Crippen molar-refractivity contribution in [3.05, 3.63) is 107 Å². The second kappa shape index (κ2) is 9.22. The number of nitrogens with zero attached hydrogens (tertiary/aromatic N) is 3. The summed E-state index contributed by atoms with van der Waals surface area (Å²) in [4.78, 5) is 18.6. The molecular weight excluding hydrogens is 474 g/mol. The number of methoxy groups -OCH3 is 1. The van der Waals surface area contributed by atoms with Gasteiger partial charge in [-0.05, 0) is 66.2 Å². The Kier molecular flexibility index (Phi) is 6.07. The van der Waals surface area contributed by atoms with E-state index in [0.29, 0.717) is 28.2 Å². The summed E-state index contributed by atoms with van der Waals surface area (Å²) in [5.74, 6) is 0.960. The molecule has 0 aliphatic rings. The van der Waals surface area contributed by atoms with Crippen molar-refractivity contribution in [3.63, 3.8) is 0 Å². The first-order valence-corrected chi connectivity index (χ1v) is 12.9. The molecule has 1 heterocycles. The Balaban J connectivity index is 1.65. The van der Waals surface area contributed by atoms with Crippen molar-refractivity contribution in [3.8, 4) is 11.4 Å². The quantitative estimate of drug-likeness (QED) is 0.331. The van der Waals surface area contributed by atoms with Gasteiger partial charge in [-0.1, -0.05) is 42.5 Å². The van der Waals surface area contributed by atoms with Crippen molar-refractivity contribution in [2.24, 2.45) is 0 Å². The van der Waals surface area contributed by atoms with E-state index in [1.54, 1.807) is 80.8 Å². The third-order valence-corrected chi connectivity index (χ3v) is 8.37. The Hall–Kier alpha value is -4.01. The molecule has 0 N–H and O–H groups in total. The molecule has 0 saturated heterocycles. The van der Waals surface area contributed by atoms with Crippen LogP contribution in [-0.2, 0) is 10.0 Å². The molecule has 182 valence electrons. The van der Waals surface area contributed by atoms with E-state index in [1.807, 2.05) is 24.3 Å². The second-order valence-corrected chi connectivity index (χ2v) is 10.5. The van der Waals surface area contributed by atoms with Crippen LogP contribution >= 0.6 is 0 Å². The molecule has 0 saturated carbocycles. The molecule has 0 aliphatic carbocycles. The molecule has 1 aromatic heterocycles. The van der Waals surface area contributed by atoms with Crippen LogP contribution in [0.1, 0.15) is 18.8 Å². The van der Waals surface area contributed by atoms with Gasteiger partial charge in [-0.15, -0.1) is 0 Å². The summed E-state index contributed by atoms with van der Waals surface area (Å²) in [7, 11) is -0.818. The van der Waals surface area contributed by atoms with Crippen molar-refractivity contribution in [2.75, 3.05) is 14.2 Å².